The van der Waals surface area contributed by atoms with E-state index in [2.05, 4.69) is 26.0 Å². The Labute approximate surface area is 105 Å². The number of allylic oxidation sites excluding steroid dienone is 2. The highest BCUT2D eigenvalue weighted by molar-refractivity contribution is 5.66. The lowest BCUT2D eigenvalue weighted by Crippen LogP contribution is -2.22. The van der Waals surface area contributed by atoms with Gasteiger partial charge >= 0.3 is 5.97 Å². The van der Waals surface area contributed by atoms with Crippen LogP contribution in [-0.2, 0) is 4.79 Å². The van der Waals surface area contributed by atoms with Crippen molar-refractivity contribution in [1.29, 1.82) is 0 Å². The van der Waals surface area contributed by atoms with Crippen molar-refractivity contribution in [1.82, 2.24) is 0 Å². The molecule has 0 aromatic rings. The molecule has 0 aliphatic heterocycles. The molecule has 1 unspecified atom stereocenters. The van der Waals surface area contributed by atoms with Gasteiger partial charge in [0.05, 0.1) is 0 Å². The predicted octanol–water partition coefficient (Wildman–Crippen LogP) is 4.40. The van der Waals surface area contributed by atoms with Crippen LogP contribution < -0.4 is 0 Å². The van der Waals surface area contributed by atoms with Crippen molar-refractivity contribution in [2.45, 2.75) is 65.2 Å². The number of unbranched alkanes of at least 4 members (excludes halogenated alkanes) is 1. The number of carboxylic acids is 1. The summed E-state index contributed by atoms with van der Waals surface area (Å²) < 4.78 is 0. The van der Waals surface area contributed by atoms with Crippen molar-refractivity contribution >= 4 is 5.97 Å². The molecule has 1 aliphatic rings. The maximum Gasteiger partial charge on any atom is 0.303 e. The monoisotopic (exact) mass is 238 g/mol. The van der Waals surface area contributed by atoms with E-state index >= 15 is 0 Å². The maximum absolute atomic E-state index is 10.3. The highest BCUT2D eigenvalue weighted by Crippen LogP contribution is 2.39. The molecular weight excluding hydrogens is 212 g/mol. The summed E-state index contributed by atoms with van der Waals surface area (Å²) in [6.45, 7) is 4.74. The molecule has 0 aromatic heterocycles. The second-order valence-electron chi connectivity index (χ2n) is 6.12. The zero-order valence-electron chi connectivity index (χ0n) is 11.2. The van der Waals surface area contributed by atoms with Gasteiger partial charge in [0.2, 0.25) is 0 Å². The lowest BCUT2D eigenvalue weighted by molar-refractivity contribution is -0.137. The highest BCUT2D eigenvalue weighted by atomic mass is 16.4. The fourth-order valence-electron chi connectivity index (χ4n) is 2.83. The van der Waals surface area contributed by atoms with Crippen LogP contribution in [0.3, 0.4) is 0 Å². The van der Waals surface area contributed by atoms with Crippen LogP contribution in [0.5, 0.6) is 0 Å². The minimum atomic E-state index is -0.688. The Morgan fingerprint density at radius 2 is 2.18 bits per heavy atom. The molecular formula is C15H26O2. The molecule has 1 aliphatic carbocycles. The SMILES string of the molecule is CC1(C)CCCC(C/C=C\CCCC(=O)O)C1. The average molecular weight is 238 g/mol. The molecule has 0 saturated heterocycles. The molecule has 1 N–H and O–H groups in total. The van der Waals surface area contributed by atoms with Crippen LogP contribution in [0.1, 0.15) is 65.2 Å². The third kappa shape index (κ3) is 6.50. The van der Waals surface area contributed by atoms with E-state index in [4.69, 9.17) is 5.11 Å². The standard InChI is InChI=1S/C15H26O2/c1-15(2)11-7-9-13(12-15)8-5-3-4-6-10-14(16)17/h3,5,13H,4,6-12H2,1-2H3,(H,16,17)/b5-3-. The first kappa shape index (κ1) is 14.3. The van der Waals surface area contributed by atoms with Crippen LogP contribution >= 0.6 is 0 Å². The van der Waals surface area contributed by atoms with Gasteiger partial charge in [0.25, 0.3) is 0 Å². The summed E-state index contributed by atoms with van der Waals surface area (Å²) in [5.41, 5.74) is 0.528. The Balaban J connectivity index is 2.13. The van der Waals surface area contributed by atoms with E-state index in [1.54, 1.807) is 0 Å². The minimum absolute atomic E-state index is 0.292. The van der Waals surface area contributed by atoms with Crippen LogP contribution in [0, 0.1) is 11.3 Å². The van der Waals surface area contributed by atoms with Crippen LogP contribution in [0.15, 0.2) is 12.2 Å². The molecule has 2 nitrogen and oxygen atoms in total. The number of hydrogen-bond acceptors (Lipinski definition) is 1. The van der Waals surface area contributed by atoms with Gasteiger partial charge in [-0.25, -0.2) is 0 Å². The topological polar surface area (TPSA) is 37.3 Å². The Morgan fingerprint density at radius 3 is 2.82 bits per heavy atom. The Hall–Kier alpha value is -0.790. The molecule has 1 rings (SSSR count). The van der Waals surface area contributed by atoms with Crippen molar-refractivity contribution in [3.63, 3.8) is 0 Å². The normalized spacial score (nSPS) is 24.0. The van der Waals surface area contributed by atoms with E-state index in [1.165, 1.54) is 32.1 Å². The molecule has 1 atom stereocenters. The minimum Gasteiger partial charge on any atom is -0.481 e. The molecule has 0 radical (unpaired) electrons. The lowest BCUT2D eigenvalue weighted by Gasteiger charge is -2.34. The lowest BCUT2D eigenvalue weighted by atomic mass is 9.71. The van der Waals surface area contributed by atoms with Gasteiger partial charge in [-0.05, 0) is 43.4 Å². The summed E-state index contributed by atoms with van der Waals surface area (Å²) in [5, 5.41) is 8.51. The number of rotatable bonds is 6. The van der Waals surface area contributed by atoms with Gasteiger partial charge in [0.1, 0.15) is 0 Å². The molecule has 2 heteroatoms. The summed E-state index contributed by atoms with van der Waals surface area (Å²) in [6, 6.07) is 0. The van der Waals surface area contributed by atoms with Crippen LogP contribution in [0.25, 0.3) is 0 Å². The number of carboxylic acid groups (broad SMARTS) is 1. The summed E-state index contributed by atoms with van der Waals surface area (Å²) in [4.78, 5) is 10.3. The van der Waals surface area contributed by atoms with Crippen LogP contribution in [0.2, 0.25) is 0 Å². The van der Waals surface area contributed by atoms with Crippen molar-refractivity contribution in [2.75, 3.05) is 0 Å². The third-order valence-corrected chi connectivity index (χ3v) is 3.70. The predicted molar refractivity (Wildman–Crippen MR) is 71.0 cm³/mol. The van der Waals surface area contributed by atoms with Crippen LogP contribution in [-0.4, -0.2) is 11.1 Å². The van der Waals surface area contributed by atoms with Gasteiger partial charge in [0, 0.05) is 6.42 Å². The summed E-state index contributed by atoms with van der Waals surface area (Å²) in [5.74, 6) is 0.155. The quantitative estimate of drug-likeness (QED) is 0.550. The van der Waals surface area contributed by atoms with Gasteiger partial charge in [-0.3, -0.25) is 4.79 Å². The Bertz CT molecular complexity index is 266. The molecule has 0 spiro atoms. The number of carbonyl (C=O) groups is 1. The van der Waals surface area contributed by atoms with Gasteiger partial charge in [0.15, 0.2) is 0 Å². The third-order valence-electron chi connectivity index (χ3n) is 3.70. The van der Waals surface area contributed by atoms with Gasteiger partial charge in [-0.1, -0.05) is 38.8 Å². The summed E-state index contributed by atoms with van der Waals surface area (Å²) >= 11 is 0. The van der Waals surface area contributed by atoms with E-state index in [-0.39, 0.29) is 0 Å². The largest absolute Gasteiger partial charge is 0.481 e. The van der Waals surface area contributed by atoms with E-state index in [9.17, 15) is 4.79 Å². The van der Waals surface area contributed by atoms with E-state index < -0.39 is 5.97 Å². The van der Waals surface area contributed by atoms with Crippen molar-refractivity contribution in [2.24, 2.45) is 11.3 Å². The first-order chi connectivity index (χ1) is 7.99. The fraction of sp³-hybridized carbons (Fsp3) is 0.800. The summed E-state index contributed by atoms with van der Waals surface area (Å²) in [6.07, 6.45) is 13.0. The van der Waals surface area contributed by atoms with Gasteiger partial charge in [-0.15, -0.1) is 0 Å². The van der Waals surface area contributed by atoms with Crippen molar-refractivity contribution in [3.8, 4) is 0 Å². The summed E-state index contributed by atoms with van der Waals surface area (Å²) in [7, 11) is 0. The van der Waals surface area contributed by atoms with Crippen molar-refractivity contribution in [3.05, 3.63) is 12.2 Å². The zero-order chi connectivity index (χ0) is 12.7. The molecule has 1 saturated carbocycles. The van der Waals surface area contributed by atoms with Crippen LogP contribution in [0.4, 0.5) is 0 Å². The fourth-order valence-corrected chi connectivity index (χ4v) is 2.83. The molecule has 1 fully saturated rings. The van der Waals surface area contributed by atoms with E-state index in [0.717, 1.165) is 18.8 Å². The molecule has 0 heterocycles. The number of hydrogen-bond donors (Lipinski definition) is 1. The molecule has 0 amide bonds. The zero-order valence-corrected chi connectivity index (χ0v) is 11.2. The van der Waals surface area contributed by atoms with E-state index in [1.807, 2.05) is 0 Å². The van der Waals surface area contributed by atoms with Gasteiger partial charge in [-0.2, -0.15) is 0 Å². The second kappa shape index (κ2) is 6.83. The first-order valence-corrected chi connectivity index (χ1v) is 6.86. The Morgan fingerprint density at radius 1 is 1.41 bits per heavy atom. The first-order valence-electron chi connectivity index (χ1n) is 6.86. The number of aliphatic carboxylic acids is 1. The smallest absolute Gasteiger partial charge is 0.303 e. The molecule has 0 bridgehead atoms. The van der Waals surface area contributed by atoms with E-state index in [0.29, 0.717) is 11.8 Å². The second-order valence-corrected chi connectivity index (χ2v) is 6.12. The highest BCUT2D eigenvalue weighted by Gasteiger charge is 2.26. The maximum atomic E-state index is 10.3. The Kier molecular flexibility index (Phi) is 5.73. The molecule has 98 valence electrons. The average Bonchev–Trinajstić information content (AvgIpc) is 2.21. The van der Waals surface area contributed by atoms with Crippen molar-refractivity contribution < 1.29 is 9.90 Å². The van der Waals surface area contributed by atoms with Gasteiger partial charge < -0.3 is 5.11 Å². The molecule has 17 heavy (non-hydrogen) atoms. The molecule has 0 aromatic carbocycles.